The molecule has 0 aromatic carbocycles. The lowest BCUT2D eigenvalue weighted by molar-refractivity contribution is 0.00850. The first-order valence-electron chi connectivity index (χ1n) is 5.59. The number of halogens is 1. The van der Waals surface area contributed by atoms with Crippen LogP contribution in [0.25, 0.3) is 0 Å². The molecule has 0 saturated carbocycles. The van der Waals surface area contributed by atoms with Crippen LogP contribution in [-0.4, -0.2) is 46.3 Å². The highest BCUT2D eigenvalue weighted by molar-refractivity contribution is 6.18. The minimum atomic E-state index is -0.670. The molecule has 1 aliphatic heterocycles. The second kappa shape index (κ2) is 5.23. The van der Waals surface area contributed by atoms with Gasteiger partial charge in [-0.15, -0.1) is 11.6 Å². The van der Waals surface area contributed by atoms with Crippen molar-refractivity contribution in [3.63, 3.8) is 0 Å². The van der Waals surface area contributed by atoms with Crippen LogP contribution in [0.2, 0.25) is 0 Å². The SMILES string of the molecule is CC(C)(C)OC(=O)N1CCC[C@H]1[C@H](O)CCl. The third-order valence-electron chi connectivity index (χ3n) is 2.53. The lowest BCUT2D eigenvalue weighted by Gasteiger charge is -2.30. The molecule has 0 aromatic rings. The Bertz CT molecular complexity index is 252. The van der Waals surface area contributed by atoms with Crippen molar-refractivity contribution in [3.05, 3.63) is 0 Å². The van der Waals surface area contributed by atoms with Crippen LogP contribution in [0.15, 0.2) is 0 Å². The highest BCUT2D eigenvalue weighted by Crippen LogP contribution is 2.23. The Morgan fingerprint density at radius 3 is 2.75 bits per heavy atom. The molecule has 1 N–H and O–H groups in total. The van der Waals surface area contributed by atoms with Crippen LogP contribution < -0.4 is 0 Å². The van der Waals surface area contributed by atoms with E-state index in [0.717, 1.165) is 12.8 Å². The largest absolute Gasteiger partial charge is 0.444 e. The Balaban J connectivity index is 2.61. The van der Waals surface area contributed by atoms with Crippen LogP contribution in [-0.2, 0) is 4.74 Å². The summed E-state index contributed by atoms with van der Waals surface area (Å²) in [5, 5.41) is 9.69. The minimum absolute atomic E-state index is 0.143. The van der Waals surface area contributed by atoms with E-state index in [9.17, 15) is 9.90 Å². The van der Waals surface area contributed by atoms with Gasteiger partial charge in [-0.2, -0.15) is 0 Å². The van der Waals surface area contributed by atoms with Crippen molar-refractivity contribution in [3.8, 4) is 0 Å². The molecule has 0 aromatic heterocycles. The van der Waals surface area contributed by atoms with Gasteiger partial charge in [-0.3, -0.25) is 0 Å². The Hall–Kier alpha value is -0.480. The first kappa shape index (κ1) is 13.6. The zero-order valence-corrected chi connectivity index (χ0v) is 10.8. The maximum atomic E-state index is 11.8. The number of ether oxygens (including phenoxy) is 1. The van der Waals surface area contributed by atoms with Crippen LogP contribution >= 0.6 is 11.6 Å². The predicted molar refractivity (Wildman–Crippen MR) is 62.7 cm³/mol. The van der Waals surface area contributed by atoms with E-state index in [0.29, 0.717) is 6.54 Å². The average Bonchev–Trinajstić information content (AvgIpc) is 2.62. The normalized spacial score (nSPS) is 23.3. The van der Waals surface area contributed by atoms with Crippen molar-refractivity contribution < 1.29 is 14.6 Å². The van der Waals surface area contributed by atoms with Crippen molar-refractivity contribution in [1.29, 1.82) is 0 Å². The number of alkyl halides is 1. The van der Waals surface area contributed by atoms with E-state index in [1.54, 1.807) is 4.90 Å². The molecule has 16 heavy (non-hydrogen) atoms. The molecule has 0 unspecified atom stereocenters. The zero-order chi connectivity index (χ0) is 12.3. The summed E-state index contributed by atoms with van der Waals surface area (Å²) in [5.74, 6) is 0.143. The lowest BCUT2D eigenvalue weighted by atomic mass is 10.1. The van der Waals surface area contributed by atoms with Gasteiger partial charge in [0.05, 0.1) is 18.0 Å². The number of nitrogens with zero attached hydrogens (tertiary/aromatic N) is 1. The van der Waals surface area contributed by atoms with Crippen LogP contribution in [0, 0.1) is 0 Å². The monoisotopic (exact) mass is 249 g/mol. The Kier molecular flexibility index (Phi) is 4.44. The van der Waals surface area contributed by atoms with Crippen molar-refractivity contribution in [2.75, 3.05) is 12.4 Å². The third kappa shape index (κ3) is 3.52. The highest BCUT2D eigenvalue weighted by atomic mass is 35.5. The van der Waals surface area contributed by atoms with Gasteiger partial charge in [0.25, 0.3) is 0 Å². The van der Waals surface area contributed by atoms with Crippen LogP contribution in [0.4, 0.5) is 4.79 Å². The van der Waals surface area contributed by atoms with Gasteiger partial charge in [-0.05, 0) is 33.6 Å². The van der Waals surface area contributed by atoms with E-state index < -0.39 is 11.7 Å². The van der Waals surface area contributed by atoms with Crippen molar-refractivity contribution in [2.24, 2.45) is 0 Å². The van der Waals surface area contributed by atoms with Crippen LogP contribution in [0.3, 0.4) is 0 Å². The number of rotatable bonds is 2. The molecule has 1 rings (SSSR count). The first-order valence-corrected chi connectivity index (χ1v) is 6.12. The van der Waals surface area contributed by atoms with Gasteiger partial charge in [-0.25, -0.2) is 4.79 Å². The summed E-state index contributed by atoms with van der Waals surface area (Å²) in [5.41, 5.74) is -0.504. The fourth-order valence-electron chi connectivity index (χ4n) is 1.84. The second-order valence-corrected chi connectivity index (χ2v) is 5.41. The molecule has 0 spiro atoms. The second-order valence-electron chi connectivity index (χ2n) is 5.10. The van der Waals surface area contributed by atoms with Crippen molar-refractivity contribution in [1.82, 2.24) is 4.90 Å². The molecule has 1 amide bonds. The van der Waals surface area contributed by atoms with Gasteiger partial charge in [0.15, 0.2) is 0 Å². The summed E-state index contributed by atoms with van der Waals surface area (Å²) in [6.07, 6.45) is 0.640. The quantitative estimate of drug-likeness (QED) is 0.762. The molecule has 1 saturated heterocycles. The van der Waals surface area contributed by atoms with Crippen LogP contribution in [0.5, 0.6) is 0 Å². The number of aliphatic hydroxyl groups excluding tert-OH is 1. The summed E-state index contributed by atoms with van der Waals surface area (Å²) in [7, 11) is 0. The summed E-state index contributed by atoms with van der Waals surface area (Å²) >= 11 is 5.61. The summed E-state index contributed by atoms with van der Waals surface area (Å²) in [6.45, 7) is 6.11. The molecule has 2 atom stereocenters. The fourth-order valence-corrected chi connectivity index (χ4v) is 2.05. The number of hydrogen-bond donors (Lipinski definition) is 1. The standard InChI is InChI=1S/C11H20ClNO3/c1-11(2,3)16-10(15)13-6-4-5-8(13)9(14)7-12/h8-9,14H,4-7H2,1-3H3/t8-,9+/m0/s1. The fraction of sp³-hybridized carbons (Fsp3) is 0.909. The zero-order valence-electron chi connectivity index (χ0n) is 10.1. The Morgan fingerprint density at radius 1 is 1.62 bits per heavy atom. The van der Waals surface area contributed by atoms with Crippen molar-refractivity contribution >= 4 is 17.7 Å². The molecule has 0 radical (unpaired) electrons. The third-order valence-corrected chi connectivity index (χ3v) is 2.85. The Labute approximate surface area is 102 Å². The van der Waals surface area contributed by atoms with Gasteiger partial charge in [0, 0.05) is 6.54 Å². The summed E-state index contributed by atoms with van der Waals surface area (Å²) in [4.78, 5) is 13.4. The molecule has 1 heterocycles. The summed E-state index contributed by atoms with van der Waals surface area (Å²) in [6, 6.07) is -0.202. The first-order chi connectivity index (χ1) is 7.35. The highest BCUT2D eigenvalue weighted by Gasteiger charge is 2.35. The Morgan fingerprint density at radius 2 is 2.25 bits per heavy atom. The molecule has 94 valence electrons. The number of likely N-dealkylation sites (tertiary alicyclic amines) is 1. The van der Waals surface area contributed by atoms with Crippen LogP contribution in [0.1, 0.15) is 33.6 Å². The number of carbonyl (C=O) groups excluding carboxylic acids is 1. The van der Waals surface area contributed by atoms with E-state index in [-0.39, 0.29) is 18.0 Å². The van der Waals surface area contributed by atoms with Gasteiger partial charge < -0.3 is 14.7 Å². The van der Waals surface area contributed by atoms with E-state index in [4.69, 9.17) is 16.3 Å². The van der Waals surface area contributed by atoms with Gasteiger partial charge in [-0.1, -0.05) is 0 Å². The molecular formula is C11H20ClNO3. The van der Waals surface area contributed by atoms with E-state index >= 15 is 0 Å². The topological polar surface area (TPSA) is 49.8 Å². The molecule has 0 aliphatic carbocycles. The molecule has 1 fully saturated rings. The lowest BCUT2D eigenvalue weighted by Crippen LogP contribution is -2.45. The molecule has 0 bridgehead atoms. The molecule has 1 aliphatic rings. The van der Waals surface area contributed by atoms with E-state index in [2.05, 4.69) is 0 Å². The van der Waals surface area contributed by atoms with E-state index in [1.165, 1.54) is 0 Å². The van der Waals surface area contributed by atoms with Crippen molar-refractivity contribution in [2.45, 2.75) is 51.4 Å². The smallest absolute Gasteiger partial charge is 0.410 e. The van der Waals surface area contributed by atoms with E-state index in [1.807, 2.05) is 20.8 Å². The molecule has 5 heteroatoms. The maximum absolute atomic E-state index is 11.8. The number of hydrogen-bond acceptors (Lipinski definition) is 3. The maximum Gasteiger partial charge on any atom is 0.410 e. The summed E-state index contributed by atoms with van der Waals surface area (Å²) < 4.78 is 5.28. The minimum Gasteiger partial charge on any atom is -0.444 e. The van der Waals surface area contributed by atoms with Gasteiger partial charge >= 0.3 is 6.09 Å². The number of amides is 1. The number of aliphatic hydroxyl groups is 1. The number of carbonyl (C=O) groups is 1. The van der Waals surface area contributed by atoms with Gasteiger partial charge in [0.2, 0.25) is 0 Å². The molecular weight excluding hydrogens is 230 g/mol. The van der Waals surface area contributed by atoms with Gasteiger partial charge in [0.1, 0.15) is 5.60 Å². The average molecular weight is 250 g/mol. The molecule has 4 nitrogen and oxygen atoms in total. The predicted octanol–water partition coefficient (Wildman–Crippen LogP) is 1.99.